The van der Waals surface area contributed by atoms with Crippen LogP contribution in [0.3, 0.4) is 0 Å². The summed E-state index contributed by atoms with van der Waals surface area (Å²) in [5, 5.41) is 7.76. The summed E-state index contributed by atoms with van der Waals surface area (Å²) in [6, 6.07) is 18.3. The molecular formula is C33H33F3N6O3S. The lowest BCUT2D eigenvalue weighted by Crippen LogP contribution is -2.34. The molecule has 13 heteroatoms. The fraction of sp³-hybridized carbons (Fsp3) is 0.303. The van der Waals surface area contributed by atoms with Crippen LogP contribution in [0, 0.1) is 6.92 Å². The van der Waals surface area contributed by atoms with E-state index in [1.165, 1.54) is 47.0 Å². The Hall–Kier alpha value is -4.65. The van der Waals surface area contributed by atoms with Gasteiger partial charge in [-0.2, -0.15) is 4.99 Å². The zero-order chi connectivity index (χ0) is 33.0. The molecule has 1 aliphatic heterocycles. The van der Waals surface area contributed by atoms with Crippen LogP contribution in [-0.4, -0.2) is 50.0 Å². The second kappa shape index (κ2) is 13.8. The highest BCUT2D eigenvalue weighted by Crippen LogP contribution is 2.34. The van der Waals surface area contributed by atoms with E-state index in [0.717, 1.165) is 27.9 Å². The maximum atomic E-state index is 12.9. The van der Waals surface area contributed by atoms with E-state index in [0.29, 0.717) is 29.5 Å². The van der Waals surface area contributed by atoms with Gasteiger partial charge in [-0.25, -0.2) is 14.5 Å². The first kappa shape index (κ1) is 32.7. The Morgan fingerprint density at radius 3 is 2.57 bits per heavy atom. The van der Waals surface area contributed by atoms with E-state index in [-0.39, 0.29) is 29.4 Å². The molecule has 1 unspecified atom stereocenters. The van der Waals surface area contributed by atoms with Gasteiger partial charge in [-0.15, -0.1) is 18.3 Å². The molecule has 3 amide bonds. The number of thioether (sulfide) groups is 1. The Kier molecular flexibility index (Phi) is 9.80. The van der Waals surface area contributed by atoms with Crippen molar-refractivity contribution in [3.8, 4) is 22.8 Å². The SMILES string of the molecule is Cc1ccc(C(C)C)c(N2C(=O)CS/C2=N\C(=O)NC(C)CCc2cccc(-c3ncn(-c4ccc(OC(F)(F)F)cc4)n3)c2)c1. The Labute approximate surface area is 268 Å². The number of anilines is 1. The van der Waals surface area contributed by atoms with Gasteiger partial charge in [0.05, 0.1) is 17.1 Å². The van der Waals surface area contributed by atoms with Crippen LogP contribution in [0.15, 0.2) is 78.0 Å². The van der Waals surface area contributed by atoms with Crippen LogP contribution < -0.4 is 15.0 Å². The van der Waals surface area contributed by atoms with Gasteiger partial charge in [-0.05, 0) is 85.7 Å². The number of urea groups is 1. The zero-order valence-corrected chi connectivity index (χ0v) is 26.5. The number of halogens is 3. The van der Waals surface area contributed by atoms with Crippen LogP contribution in [0.2, 0.25) is 0 Å². The zero-order valence-electron chi connectivity index (χ0n) is 25.7. The number of carbonyl (C=O) groups is 2. The van der Waals surface area contributed by atoms with Crippen LogP contribution in [0.4, 0.5) is 23.7 Å². The maximum absolute atomic E-state index is 12.9. The van der Waals surface area contributed by atoms with Crippen molar-refractivity contribution >= 4 is 34.6 Å². The molecule has 1 aromatic heterocycles. The molecule has 0 bridgehead atoms. The fourth-order valence-electron chi connectivity index (χ4n) is 4.99. The van der Waals surface area contributed by atoms with Crippen molar-refractivity contribution in [2.45, 2.75) is 58.9 Å². The van der Waals surface area contributed by atoms with E-state index in [2.05, 4.69) is 39.0 Å². The fourth-order valence-corrected chi connectivity index (χ4v) is 5.85. The minimum absolute atomic E-state index is 0.107. The number of aryl methyl sites for hydroxylation is 2. The van der Waals surface area contributed by atoms with Gasteiger partial charge in [0.25, 0.3) is 0 Å². The molecule has 0 radical (unpaired) electrons. The average molecular weight is 651 g/mol. The molecule has 46 heavy (non-hydrogen) atoms. The van der Waals surface area contributed by atoms with Gasteiger partial charge in [0, 0.05) is 11.6 Å². The van der Waals surface area contributed by atoms with Crippen molar-refractivity contribution in [1.29, 1.82) is 0 Å². The first-order chi connectivity index (χ1) is 21.9. The Morgan fingerprint density at radius 2 is 1.85 bits per heavy atom. The molecule has 4 aromatic rings. The number of aromatic nitrogens is 3. The van der Waals surface area contributed by atoms with Gasteiger partial charge >= 0.3 is 12.4 Å². The second-order valence-corrected chi connectivity index (χ2v) is 12.2. The van der Waals surface area contributed by atoms with E-state index < -0.39 is 12.4 Å². The minimum atomic E-state index is -4.76. The van der Waals surface area contributed by atoms with Crippen molar-refractivity contribution in [3.63, 3.8) is 0 Å². The second-order valence-electron chi connectivity index (χ2n) is 11.3. The highest BCUT2D eigenvalue weighted by atomic mass is 32.2. The molecule has 0 spiro atoms. The smallest absolute Gasteiger partial charge is 0.406 e. The van der Waals surface area contributed by atoms with E-state index in [1.807, 2.05) is 56.3 Å². The van der Waals surface area contributed by atoms with Gasteiger partial charge in [0.2, 0.25) is 5.91 Å². The third kappa shape index (κ3) is 8.13. The van der Waals surface area contributed by atoms with Crippen molar-refractivity contribution in [3.05, 3.63) is 89.7 Å². The van der Waals surface area contributed by atoms with Crippen LogP contribution in [-0.2, 0) is 11.2 Å². The summed E-state index contributed by atoms with van der Waals surface area (Å²) in [6.45, 7) is 8.00. The van der Waals surface area contributed by atoms with Gasteiger partial charge in [-0.3, -0.25) is 9.69 Å². The topological polar surface area (TPSA) is 102 Å². The summed E-state index contributed by atoms with van der Waals surface area (Å²) < 4.78 is 42.7. The van der Waals surface area contributed by atoms with Crippen molar-refractivity contribution in [2.75, 3.05) is 10.7 Å². The Bertz CT molecular complexity index is 1750. The molecule has 5 rings (SSSR count). The van der Waals surface area contributed by atoms with Gasteiger partial charge < -0.3 is 10.1 Å². The lowest BCUT2D eigenvalue weighted by molar-refractivity contribution is -0.274. The number of hydrogen-bond acceptors (Lipinski definition) is 6. The molecule has 3 aromatic carbocycles. The highest BCUT2D eigenvalue weighted by Gasteiger charge is 2.33. The van der Waals surface area contributed by atoms with Crippen LogP contribution in [0.25, 0.3) is 17.1 Å². The summed E-state index contributed by atoms with van der Waals surface area (Å²) in [4.78, 5) is 35.9. The molecular weight excluding hydrogens is 617 g/mol. The van der Waals surface area contributed by atoms with Crippen molar-refractivity contribution < 1.29 is 27.5 Å². The normalized spacial score (nSPS) is 15.1. The van der Waals surface area contributed by atoms with E-state index in [1.54, 1.807) is 4.90 Å². The average Bonchev–Trinajstić information content (AvgIpc) is 3.62. The quantitative estimate of drug-likeness (QED) is 0.202. The molecule has 1 saturated heterocycles. The molecule has 1 atom stereocenters. The number of ether oxygens (including phenoxy) is 1. The van der Waals surface area contributed by atoms with Gasteiger partial charge in [0.1, 0.15) is 12.1 Å². The monoisotopic (exact) mass is 650 g/mol. The molecule has 1 N–H and O–H groups in total. The first-order valence-corrected chi connectivity index (χ1v) is 15.7. The van der Waals surface area contributed by atoms with Crippen LogP contribution >= 0.6 is 11.8 Å². The highest BCUT2D eigenvalue weighted by molar-refractivity contribution is 8.15. The molecule has 0 saturated carbocycles. The number of benzene rings is 3. The van der Waals surface area contributed by atoms with Gasteiger partial charge in [0.15, 0.2) is 11.0 Å². The maximum Gasteiger partial charge on any atom is 0.573 e. The van der Waals surface area contributed by atoms with Crippen LogP contribution in [0.1, 0.15) is 49.8 Å². The summed E-state index contributed by atoms with van der Waals surface area (Å²) in [5.41, 5.74) is 5.11. The number of hydrogen-bond donors (Lipinski definition) is 1. The number of amidine groups is 1. The largest absolute Gasteiger partial charge is 0.573 e. The molecule has 240 valence electrons. The standard InChI is InChI=1S/C33H33F3N6O3S/c1-20(2)27-15-8-21(3)16-28(27)42-29(43)18-46-32(42)39-31(44)38-22(4)9-10-23-6-5-7-24(17-23)30-37-19-41(40-30)25-11-13-26(14-12-25)45-33(34,35)36/h5-8,11-17,19-20,22H,9-10,18H2,1-4H3,(H,38,44)/b39-32-. The molecule has 1 fully saturated rings. The molecule has 2 heterocycles. The number of carbonyl (C=O) groups excluding carboxylic acids is 2. The van der Waals surface area contributed by atoms with E-state index in [9.17, 15) is 22.8 Å². The predicted molar refractivity (Wildman–Crippen MR) is 172 cm³/mol. The Balaban J connectivity index is 1.20. The summed E-state index contributed by atoms with van der Waals surface area (Å²) in [5.74, 6) is 0.442. The summed E-state index contributed by atoms with van der Waals surface area (Å²) >= 11 is 1.25. The third-order valence-electron chi connectivity index (χ3n) is 7.26. The minimum Gasteiger partial charge on any atom is -0.406 e. The van der Waals surface area contributed by atoms with E-state index in [4.69, 9.17) is 0 Å². The van der Waals surface area contributed by atoms with Crippen molar-refractivity contribution in [2.24, 2.45) is 4.99 Å². The van der Waals surface area contributed by atoms with E-state index >= 15 is 0 Å². The number of amides is 3. The number of nitrogens with zero attached hydrogens (tertiary/aromatic N) is 5. The number of aliphatic imine (C=N–C) groups is 1. The van der Waals surface area contributed by atoms with Gasteiger partial charge in [-0.1, -0.05) is 55.9 Å². The Morgan fingerprint density at radius 1 is 1.09 bits per heavy atom. The number of nitrogens with one attached hydrogen (secondary N) is 1. The molecule has 1 aliphatic rings. The molecule has 9 nitrogen and oxygen atoms in total. The first-order valence-electron chi connectivity index (χ1n) is 14.7. The van der Waals surface area contributed by atoms with Crippen molar-refractivity contribution in [1.82, 2.24) is 20.1 Å². The third-order valence-corrected chi connectivity index (χ3v) is 8.18. The molecule has 0 aliphatic carbocycles. The summed E-state index contributed by atoms with van der Waals surface area (Å²) in [7, 11) is 0. The predicted octanol–water partition coefficient (Wildman–Crippen LogP) is 7.43. The summed E-state index contributed by atoms with van der Waals surface area (Å²) in [6.07, 6.45) is -1.98. The lowest BCUT2D eigenvalue weighted by atomic mass is 9.99. The van der Waals surface area contributed by atoms with Crippen LogP contribution in [0.5, 0.6) is 5.75 Å². The lowest BCUT2D eigenvalue weighted by Gasteiger charge is -2.22. The number of rotatable bonds is 9. The number of alkyl halides is 3.